The molecule has 1 aromatic heterocycles. The Hall–Kier alpha value is -1.35. The van der Waals surface area contributed by atoms with E-state index in [1.54, 1.807) is 0 Å². The Morgan fingerprint density at radius 3 is 3.25 bits per heavy atom. The van der Waals surface area contributed by atoms with Crippen LogP contribution in [0.2, 0.25) is 0 Å². The molecule has 0 saturated carbocycles. The summed E-state index contributed by atoms with van der Waals surface area (Å²) < 4.78 is 5.24. The lowest BCUT2D eigenvalue weighted by Crippen LogP contribution is -2.35. The smallest absolute Gasteiger partial charge is 0.181 e. The zero-order chi connectivity index (χ0) is 10.8. The molecule has 16 heavy (non-hydrogen) atoms. The second-order valence-corrected chi connectivity index (χ2v) is 4.51. The van der Waals surface area contributed by atoms with Crippen molar-refractivity contribution in [2.24, 2.45) is 0 Å². The Bertz CT molecular complexity index is 471. The molecule has 1 atom stereocenters. The van der Waals surface area contributed by atoms with Crippen molar-refractivity contribution in [2.75, 3.05) is 6.54 Å². The maximum Gasteiger partial charge on any atom is 0.181 e. The summed E-state index contributed by atoms with van der Waals surface area (Å²) in [6, 6.07) is 6.93. The highest BCUT2D eigenvalue weighted by Crippen LogP contribution is 2.17. The van der Waals surface area contributed by atoms with Crippen LogP contribution in [0.5, 0.6) is 0 Å². The quantitative estimate of drug-likeness (QED) is 0.838. The molecule has 1 aliphatic heterocycles. The molecule has 1 aliphatic rings. The number of aromatic nitrogens is 1. The van der Waals surface area contributed by atoms with E-state index in [2.05, 4.69) is 22.4 Å². The third-order valence-electron chi connectivity index (χ3n) is 3.29. The summed E-state index contributed by atoms with van der Waals surface area (Å²) in [6.45, 7) is 1.16. The summed E-state index contributed by atoms with van der Waals surface area (Å²) in [4.78, 5) is 4.19. The van der Waals surface area contributed by atoms with Gasteiger partial charge in [-0.2, -0.15) is 0 Å². The number of fused-ring (bicyclic) bond motifs is 1. The molecule has 1 unspecified atom stereocenters. The SMILES string of the molecule is c1nc2cc(CC3CCCCN3)ccc2o1. The lowest BCUT2D eigenvalue weighted by atomic mass is 9.98. The van der Waals surface area contributed by atoms with Crippen molar-refractivity contribution >= 4 is 11.1 Å². The maximum absolute atomic E-state index is 5.24. The van der Waals surface area contributed by atoms with Crippen LogP contribution in [0.4, 0.5) is 0 Å². The van der Waals surface area contributed by atoms with Gasteiger partial charge in [-0.15, -0.1) is 0 Å². The first-order valence-corrected chi connectivity index (χ1v) is 5.97. The molecule has 3 rings (SSSR count). The van der Waals surface area contributed by atoms with Gasteiger partial charge in [-0.05, 0) is 43.5 Å². The molecule has 2 heterocycles. The fourth-order valence-corrected chi connectivity index (χ4v) is 2.41. The van der Waals surface area contributed by atoms with Crippen LogP contribution < -0.4 is 5.32 Å². The van der Waals surface area contributed by atoms with Gasteiger partial charge in [0, 0.05) is 6.04 Å². The van der Waals surface area contributed by atoms with Crippen molar-refractivity contribution in [1.82, 2.24) is 10.3 Å². The number of nitrogens with zero attached hydrogens (tertiary/aromatic N) is 1. The van der Waals surface area contributed by atoms with Gasteiger partial charge in [-0.3, -0.25) is 0 Å². The van der Waals surface area contributed by atoms with Crippen molar-refractivity contribution in [3.8, 4) is 0 Å². The first-order chi connectivity index (χ1) is 7.92. The zero-order valence-electron chi connectivity index (χ0n) is 9.28. The van der Waals surface area contributed by atoms with Gasteiger partial charge in [0.25, 0.3) is 0 Å². The molecular weight excluding hydrogens is 200 g/mol. The van der Waals surface area contributed by atoms with Gasteiger partial charge < -0.3 is 9.73 Å². The van der Waals surface area contributed by atoms with Crippen LogP contribution in [-0.2, 0) is 6.42 Å². The maximum atomic E-state index is 5.24. The van der Waals surface area contributed by atoms with Crippen LogP contribution in [0, 0.1) is 0 Å². The number of piperidine rings is 1. The third-order valence-corrected chi connectivity index (χ3v) is 3.29. The predicted octanol–water partition coefficient (Wildman–Crippen LogP) is 2.51. The van der Waals surface area contributed by atoms with Crippen molar-refractivity contribution < 1.29 is 4.42 Å². The van der Waals surface area contributed by atoms with E-state index in [4.69, 9.17) is 4.42 Å². The normalized spacial score (nSPS) is 21.4. The van der Waals surface area contributed by atoms with E-state index in [-0.39, 0.29) is 0 Å². The lowest BCUT2D eigenvalue weighted by Gasteiger charge is -2.23. The third kappa shape index (κ3) is 1.95. The summed E-state index contributed by atoms with van der Waals surface area (Å²) in [7, 11) is 0. The minimum absolute atomic E-state index is 0.637. The molecule has 1 fully saturated rings. The van der Waals surface area contributed by atoms with E-state index >= 15 is 0 Å². The van der Waals surface area contributed by atoms with Crippen molar-refractivity contribution in [3.63, 3.8) is 0 Å². The average Bonchev–Trinajstić information content (AvgIpc) is 2.77. The molecule has 0 spiro atoms. The second-order valence-electron chi connectivity index (χ2n) is 4.51. The fourth-order valence-electron chi connectivity index (χ4n) is 2.41. The molecule has 2 aromatic rings. The van der Waals surface area contributed by atoms with Gasteiger partial charge in [0.1, 0.15) is 5.52 Å². The van der Waals surface area contributed by atoms with E-state index in [1.807, 2.05) is 6.07 Å². The Morgan fingerprint density at radius 1 is 1.38 bits per heavy atom. The minimum atomic E-state index is 0.637. The molecule has 0 amide bonds. The van der Waals surface area contributed by atoms with Crippen LogP contribution in [0.3, 0.4) is 0 Å². The minimum Gasteiger partial charge on any atom is -0.443 e. The van der Waals surface area contributed by atoms with E-state index in [9.17, 15) is 0 Å². The molecule has 0 bridgehead atoms. The largest absolute Gasteiger partial charge is 0.443 e. The second kappa shape index (κ2) is 4.26. The molecule has 84 valence electrons. The van der Waals surface area contributed by atoms with Gasteiger partial charge in [0.2, 0.25) is 0 Å². The van der Waals surface area contributed by atoms with Crippen LogP contribution in [0.25, 0.3) is 11.1 Å². The Morgan fingerprint density at radius 2 is 2.38 bits per heavy atom. The van der Waals surface area contributed by atoms with Crippen LogP contribution in [-0.4, -0.2) is 17.6 Å². The molecule has 0 aliphatic carbocycles. The van der Waals surface area contributed by atoms with E-state index in [0.717, 1.165) is 24.1 Å². The summed E-state index contributed by atoms with van der Waals surface area (Å²) >= 11 is 0. The van der Waals surface area contributed by atoms with Crippen LogP contribution in [0.15, 0.2) is 29.0 Å². The first kappa shape index (κ1) is 9.85. The number of oxazole rings is 1. The molecular formula is C13H16N2O. The number of rotatable bonds is 2. The van der Waals surface area contributed by atoms with E-state index < -0.39 is 0 Å². The first-order valence-electron chi connectivity index (χ1n) is 5.97. The number of benzene rings is 1. The van der Waals surface area contributed by atoms with Gasteiger partial charge in [0.15, 0.2) is 12.0 Å². The van der Waals surface area contributed by atoms with Crippen molar-refractivity contribution in [1.29, 1.82) is 0 Å². The molecule has 1 N–H and O–H groups in total. The van der Waals surface area contributed by atoms with Crippen LogP contribution >= 0.6 is 0 Å². The molecule has 1 aromatic carbocycles. The number of hydrogen-bond donors (Lipinski definition) is 1. The Labute approximate surface area is 94.9 Å². The number of hydrogen-bond acceptors (Lipinski definition) is 3. The predicted molar refractivity (Wildman–Crippen MR) is 63.4 cm³/mol. The summed E-state index contributed by atoms with van der Waals surface area (Å²) in [5.74, 6) is 0. The standard InChI is InChI=1S/C13H16N2O/c1-2-6-14-11(3-1)7-10-4-5-13-12(8-10)15-9-16-13/h4-5,8-9,11,14H,1-3,6-7H2. The lowest BCUT2D eigenvalue weighted by molar-refractivity contribution is 0.399. The van der Waals surface area contributed by atoms with Gasteiger partial charge in [0.05, 0.1) is 0 Å². The highest BCUT2D eigenvalue weighted by molar-refractivity contribution is 5.72. The molecule has 3 heteroatoms. The zero-order valence-corrected chi connectivity index (χ0v) is 9.28. The highest BCUT2D eigenvalue weighted by atomic mass is 16.3. The average molecular weight is 216 g/mol. The van der Waals surface area contributed by atoms with Crippen LogP contribution in [0.1, 0.15) is 24.8 Å². The topological polar surface area (TPSA) is 38.1 Å². The van der Waals surface area contributed by atoms with Gasteiger partial charge in [-0.25, -0.2) is 4.98 Å². The number of nitrogens with one attached hydrogen (secondary N) is 1. The summed E-state index contributed by atoms with van der Waals surface area (Å²) in [5, 5.41) is 3.57. The highest BCUT2D eigenvalue weighted by Gasteiger charge is 2.13. The molecule has 1 saturated heterocycles. The summed E-state index contributed by atoms with van der Waals surface area (Å²) in [6.07, 6.45) is 6.57. The Balaban J connectivity index is 1.77. The summed E-state index contributed by atoms with van der Waals surface area (Å²) in [5.41, 5.74) is 3.19. The monoisotopic (exact) mass is 216 g/mol. The molecule has 0 radical (unpaired) electrons. The fraction of sp³-hybridized carbons (Fsp3) is 0.462. The van der Waals surface area contributed by atoms with Crippen molar-refractivity contribution in [3.05, 3.63) is 30.2 Å². The van der Waals surface area contributed by atoms with Crippen molar-refractivity contribution in [2.45, 2.75) is 31.7 Å². The van der Waals surface area contributed by atoms with Gasteiger partial charge in [-0.1, -0.05) is 12.5 Å². The van der Waals surface area contributed by atoms with E-state index in [0.29, 0.717) is 6.04 Å². The van der Waals surface area contributed by atoms with E-state index in [1.165, 1.54) is 31.2 Å². The molecule has 3 nitrogen and oxygen atoms in total. The Kier molecular flexibility index (Phi) is 2.62. The van der Waals surface area contributed by atoms with Gasteiger partial charge >= 0.3 is 0 Å².